The van der Waals surface area contributed by atoms with E-state index in [4.69, 9.17) is 11.6 Å². The minimum Gasteiger partial charge on any atom is -0.291 e. The zero-order valence-corrected chi connectivity index (χ0v) is 14.4. The lowest BCUT2D eigenvalue weighted by molar-refractivity contribution is -0.137. The van der Waals surface area contributed by atoms with E-state index in [0.29, 0.717) is 17.8 Å². The lowest BCUT2D eigenvalue weighted by Gasteiger charge is -2.10. The third-order valence-electron chi connectivity index (χ3n) is 3.00. The van der Waals surface area contributed by atoms with Gasteiger partial charge in [-0.2, -0.15) is 13.2 Å². The standard InChI is InChI=1S/C15H13ClF3N3O2S/c1-10-2-4-11(5-3-10)6-7-25(23,24)22-21-14-13(16)8-12(9-20-14)15(17,18)19/h2-9,22H,1H3,(H,20,21)/b7-6+. The Hall–Kier alpha value is -2.10. The van der Waals surface area contributed by atoms with E-state index in [0.717, 1.165) is 11.0 Å². The summed E-state index contributed by atoms with van der Waals surface area (Å²) >= 11 is 5.67. The molecule has 0 aliphatic carbocycles. The summed E-state index contributed by atoms with van der Waals surface area (Å²) in [5.74, 6) is -0.248. The van der Waals surface area contributed by atoms with Crippen LogP contribution in [-0.4, -0.2) is 13.4 Å². The van der Waals surface area contributed by atoms with Crippen molar-refractivity contribution >= 4 is 33.5 Å². The molecule has 1 heterocycles. The van der Waals surface area contributed by atoms with Gasteiger partial charge in [0.1, 0.15) is 0 Å². The zero-order valence-electron chi connectivity index (χ0n) is 12.8. The average molecular weight is 392 g/mol. The number of aryl methyl sites for hydroxylation is 1. The number of nitrogens with one attached hydrogen (secondary N) is 2. The van der Waals surface area contributed by atoms with E-state index in [1.165, 1.54) is 6.08 Å². The Bertz CT molecular complexity index is 882. The highest BCUT2D eigenvalue weighted by molar-refractivity contribution is 7.92. The van der Waals surface area contributed by atoms with Crippen LogP contribution in [0, 0.1) is 6.92 Å². The van der Waals surface area contributed by atoms with Gasteiger partial charge in [-0.15, -0.1) is 4.83 Å². The molecule has 25 heavy (non-hydrogen) atoms. The fourth-order valence-corrected chi connectivity index (χ4v) is 2.54. The van der Waals surface area contributed by atoms with Gasteiger partial charge in [0, 0.05) is 11.6 Å². The smallest absolute Gasteiger partial charge is 0.291 e. The van der Waals surface area contributed by atoms with Crippen molar-refractivity contribution in [2.24, 2.45) is 0 Å². The minimum absolute atomic E-state index is 0.248. The summed E-state index contributed by atoms with van der Waals surface area (Å²) in [4.78, 5) is 5.42. The van der Waals surface area contributed by atoms with Gasteiger partial charge in [0.15, 0.2) is 5.82 Å². The molecule has 0 aliphatic rings. The molecule has 0 saturated heterocycles. The molecule has 1 aromatic heterocycles. The van der Waals surface area contributed by atoms with Crippen LogP contribution in [0.4, 0.5) is 19.0 Å². The van der Waals surface area contributed by atoms with Gasteiger partial charge < -0.3 is 0 Å². The largest absolute Gasteiger partial charge is 0.417 e. The van der Waals surface area contributed by atoms with Crippen molar-refractivity contribution in [1.29, 1.82) is 0 Å². The number of alkyl halides is 3. The molecule has 0 amide bonds. The molecule has 2 aromatic rings. The minimum atomic E-state index is -4.59. The second-order valence-electron chi connectivity index (χ2n) is 5.04. The monoisotopic (exact) mass is 391 g/mol. The first-order chi connectivity index (χ1) is 11.6. The van der Waals surface area contributed by atoms with E-state index in [9.17, 15) is 21.6 Å². The van der Waals surface area contributed by atoms with E-state index in [1.807, 2.05) is 23.9 Å². The Balaban J connectivity index is 2.05. The molecule has 0 aliphatic heterocycles. The van der Waals surface area contributed by atoms with Gasteiger partial charge in [-0.05, 0) is 24.6 Å². The number of hydrogen-bond donors (Lipinski definition) is 2. The van der Waals surface area contributed by atoms with Gasteiger partial charge in [0.05, 0.1) is 10.6 Å². The highest BCUT2D eigenvalue weighted by Gasteiger charge is 2.31. The van der Waals surface area contributed by atoms with Crippen LogP contribution in [0.3, 0.4) is 0 Å². The van der Waals surface area contributed by atoms with E-state index >= 15 is 0 Å². The maximum Gasteiger partial charge on any atom is 0.417 e. The van der Waals surface area contributed by atoms with Gasteiger partial charge in [-0.3, -0.25) is 5.43 Å². The fraction of sp³-hybridized carbons (Fsp3) is 0.133. The van der Waals surface area contributed by atoms with Gasteiger partial charge in [-0.1, -0.05) is 41.4 Å². The van der Waals surface area contributed by atoms with Crippen LogP contribution in [0.5, 0.6) is 0 Å². The molecule has 0 saturated carbocycles. The van der Waals surface area contributed by atoms with Crippen LogP contribution >= 0.6 is 11.6 Å². The summed E-state index contributed by atoms with van der Waals surface area (Å²) in [6.07, 6.45) is -2.68. The number of aromatic nitrogens is 1. The molecule has 1 aromatic carbocycles. The van der Waals surface area contributed by atoms with Crippen molar-refractivity contribution in [1.82, 2.24) is 9.82 Å². The average Bonchev–Trinajstić information content (AvgIpc) is 2.52. The lowest BCUT2D eigenvalue weighted by Crippen LogP contribution is -2.28. The molecule has 0 spiro atoms. The topological polar surface area (TPSA) is 71.1 Å². The van der Waals surface area contributed by atoms with Crippen molar-refractivity contribution in [3.05, 3.63) is 63.6 Å². The number of sulfonamides is 1. The molecular formula is C15H13ClF3N3O2S. The number of anilines is 1. The Kier molecular flexibility index (Phi) is 5.71. The van der Waals surface area contributed by atoms with Crippen LogP contribution in [-0.2, 0) is 16.2 Å². The van der Waals surface area contributed by atoms with Crippen LogP contribution in [0.15, 0.2) is 41.9 Å². The molecule has 0 unspecified atom stereocenters. The van der Waals surface area contributed by atoms with Gasteiger partial charge >= 0.3 is 6.18 Å². The van der Waals surface area contributed by atoms with E-state index in [2.05, 4.69) is 10.4 Å². The number of hydrazine groups is 1. The number of halogens is 4. The number of pyridine rings is 1. The first kappa shape index (κ1) is 19.2. The Labute approximate surface area is 147 Å². The Morgan fingerprint density at radius 1 is 1.20 bits per heavy atom. The lowest BCUT2D eigenvalue weighted by atomic mass is 10.2. The van der Waals surface area contributed by atoms with Crippen molar-refractivity contribution in [3.8, 4) is 0 Å². The van der Waals surface area contributed by atoms with Gasteiger partial charge in [-0.25, -0.2) is 13.4 Å². The number of rotatable bonds is 5. The summed E-state index contributed by atoms with van der Waals surface area (Å²) in [5, 5.41) is 0.530. The van der Waals surface area contributed by atoms with Crippen LogP contribution in [0.2, 0.25) is 5.02 Å². The highest BCUT2D eigenvalue weighted by Crippen LogP contribution is 2.32. The van der Waals surface area contributed by atoms with Crippen molar-refractivity contribution in [2.75, 3.05) is 5.43 Å². The van der Waals surface area contributed by atoms with E-state index in [-0.39, 0.29) is 10.8 Å². The van der Waals surface area contributed by atoms with Crippen LogP contribution < -0.4 is 10.3 Å². The molecule has 0 atom stereocenters. The van der Waals surface area contributed by atoms with Crippen molar-refractivity contribution in [2.45, 2.75) is 13.1 Å². The summed E-state index contributed by atoms with van der Waals surface area (Å²) in [6, 6.07) is 7.77. The Morgan fingerprint density at radius 3 is 2.40 bits per heavy atom. The second kappa shape index (κ2) is 7.42. The fourth-order valence-electron chi connectivity index (χ4n) is 1.68. The highest BCUT2D eigenvalue weighted by atomic mass is 35.5. The molecule has 134 valence electrons. The van der Waals surface area contributed by atoms with Gasteiger partial charge in [0.25, 0.3) is 10.0 Å². The first-order valence-corrected chi connectivity index (χ1v) is 8.74. The van der Waals surface area contributed by atoms with E-state index in [1.54, 1.807) is 12.1 Å². The number of benzene rings is 1. The normalized spacial score (nSPS) is 12.5. The van der Waals surface area contributed by atoms with Crippen molar-refractivity contribution in [3.63, 3.8) is 0 Å². The van der Waals surface area contributed by atoms with Crippen LogP contribution in [0.1, 0.15) is 16.7 Å². The van der Waals surface area contributed by atoms with Crippen LogP contribution in [0.25, 0.3) is 6.08 Å². The molecule has 0 fully saturated rings. The second-order valence-corrected chi connectivity index (χ2v) is 7.01. The number of nitrogens with zero attached hydrogens (tertiary/aromatic N) is 1. The third kappa shape index (κ3) is 5.73. The van der Waals surface area contributed by atoms with E-state index < -0.39 is 21.8 Å². The predicted octanol–water partition coefficient (Wildman–Crippen LogP) is 3.98. The Morgan fingerprint density at radius 2 is 1.84 bits per heavy atom. The summed E-state index contributed by atoms with van der Waals surface area (Å²) < 4.78 is 61.3. The molecule has 0 radical (unpaired) electrons. The summed E-state index contributed by atoms with van der Waals surface area (Å²) in [6.45, 7) is 1.90. The first-order valence-electron chi connectivity index (χ1n) is 6.82. The SMILES string of the molecule is Cc1ccc(/C=C/S(=O)(=O)NNc2ncc(C(F)(F)F)cc2Cl)cc1. The maximum atomic E-state index is 12.5. The third-order valence-corrected chi connectivity index (χ3v) is 4.17. The molecule has 10 heteroatoms. The molecule has 2 N–H and O–H groups in total. The van der Waals surface area contributed by atoms with Gasteiger partial charge in [0.2, 0.25) is 0 Å². The predicted molar refractivity (Wildman–Crippen MR) is 90.1 cm³/mol. The molecule has 0 bridgehead atoms. The number of hydrogen-bond acceptors (Lipinski definition) is 4. The molecular weight excluding hydrogens is 379 g/mol. The maximum absolute atomic E-state index is 12.5. The summed E-state index contributed by atoms with van der Waals surface area (Å²) in [5.41, 5.74) is 2.84. The summed E-state index contributed by atoms with van der Waals surface area (Å²) in [7, 11) is -3.91. The molecule has 2 rings (SSSR count). The zero-order chi connectivity index (χ0) is 18.7. The quantitative estimate of drug-likeness (QED) is 0.756. The van der Waals surface area contributed by atoms with Crippen molar-refractivity contribution < 1.29 is 21.6 Å². The molecule has 5 nitrogen and oxygen atoms in total.